The Morgan fingerprint density at radius 2 is 2.16 bits per heavy atom. The zero-order chi connectivity index (χ0) is 18.0. The molecule has 1 fully saturated rings. The smallest absolute Gasteiger partial charge is 0.336 e. The van der Waals surface area contributed by atoms with Gasteiger partial charge < -0.3 is 19.2 Å². The van der Waals surface area contributed by atoms with Crippen LogP contribution in [0.1, 0.15) is 18.4 Å². The Kier molecular flexibility index (Phi) is 4.74. The molecule has 2 aromatic rings. The van der Waals surface area contributed by atoms with Crippen LogP contribution in [0.3, 0.4) is 0 Å². The van der Waals surface area contributed by atoms with Gasteiger partial charge in [0.1, 0.15) is 11.3 Å². The Balaban J connectivity index is 1.67. The summed E-state index contributed by atoms with van der Waals surface area (Å²) in [5.41, 5.74) is 0.770. The van der Waals surface area contributed by atoms with Crippen molar-refractivity contribution >= 4 is 22.8 Å². The topological polar surface area (TPSA) is 97.0 Å². The number of benzene rings is 1. The number of hydrogen-bond donors (Lipinski definition) is 1. The Morgan fingerprint density at radius 3 is 2.92 bits per heavy atom. The normalized spacial score (nSPS) is 17.5. The van der Waals surface area contributed by atoms with Gasteiger partial charge in [-0.1, -0.05) is 0 Å². The number of carboxylic acid groups (broad SMARTS) is 1. The predicted molar refractivity (Wildman–Crippen MR) is 89.7 cm³/mol. The molecule has 0 radical (unpaired) electrons. The van der Waals surface area contributed by atoms with E-state index in [2.05, 4.69) is 0 Å². The highest BCUT2D eigenvalue weighted by Crippen LogP contribution is 2.22. The van der Waals surface area contributed by atoms with Crippen LogP contribution in [0.25, 0.3) is 11.0 Å². The monoisotopic (exact) mass is 345 g/mol. The van der Waals surface area contributed by atoms with Crippen LogP contribution in [-0.2, 0) is 9.59 Å². The zero-order valence-corrected chi connectivity index (χ0v) is 13.9. The van der Waals surface area contributed by atoms with Crippen LogP contribution in [0.15, 0.2) is 33.5 Å². The fourth-order valence-corrected chi connectivity index (χ4v) is 3.04. The molecule has 0 spiro atoms. The van der Waals surface area contributed by atoms with Crippen molar-refractivity contribution in [1.29, 1.82) is 0 Å². The van der Waals surface area contributed by atoms with Gasteiger partial charge in [0, 0.05) is 30.6 Å². The molecule has 7 heteroatoms. The van der Waals surface area contributed by atoms with E-state index in [-0.39, 0.29) is 19.1 Å². The summed E-state index contributed by atoms with van der Waals surface area (Å²) in [6.07, 6.45) is 1.26. The third-order valence-corrected chi connectivity index (χ3v) is 4.41. The number of carbonyl (C=O) groups excluding carboxylic acids is 1. The Bertz CT molecular complexity index is 871. The van der Waals surface area contributed by atoms with Crippen molar-refractivity contribution in [3.63, 3.8) is 0 Å². The van der Waals surface area contributed by atoms with E-state index in [9.17, 15) is 14.4 Å². The standard InChI is InChI=1S/C18H19NO6/c1-11-7-17(21)25-15-8-13(4-5-14(11)15)24-10-16(20)19-6-2-3-12(9-19)18(22)23/h4-5,7-8,12H,2-3,6,9-10H2,1H3,(H,22,23)/t12-/m1/s1. The number of carbonyl (C=O) groups is 2. The van der Waals surface area contributed by atoms with E-state index in [4.69, 9.17) is 14.3 Å². The van der Waals surface area contributed by atoms with Gasteiger partial charge in [-0.2, -0.15) is 0 Å². The van der Waals surface area contributed by atoms with E-state index >= 15 is 0 Å². The van der Waals surface area contributed by atoms with Crippen molar-refractivity contribution in [3.8, 4) is 5.75 Å². The van der Waals surface area contributed by atoms with Gasteiger partial charge in [-0.05, 0) is 37.5 Å². The van der Waals surface area contributed by atoms with Crippen molar-refractivity contribution in [3.05, 3.63) is 40.2 Å². The average molecular weight is 345 g/mol. The lowest BCUT2D eigenvalue weighted by Gasteiger charge is -2.30. The number of fused-ring (bicyclic) bond motifs is 1. The van der Waals surface area contributed by atoms with Crippen LogP contribution in [0.4, 0.5) is 0 Å². The minimum absolute atomic E-state index is 0.187. The molecule has 1 saturated heterocycles. The number of ether oxygens (including phenoxy) is 1. The molecule has 1 atom stereocenters. The molecule has 1 aromatic heterocycles. The van der Waals surface area contributed by atoms with Gasteiger partial charge in [-0.15, -0.1) is 0 Å². The van der Waals surface area contributed by atoms with E-state index in [1.165, 1.54) is 11.0 Å². The number of likely N-dealkylation sites (tertiary alicyclic amines) is 1. The SMILES string of the molecule is Cc1cc(=O)oc2cc(OCC(=O)N3CCC[C@@H](C(=O)O)C3)ccc12. The van der Waals surface area contributed by atoms with Gasteiger partial charge in [0.05, 0.1) is 5.92 Å². The third-order valence-electron chi connectivity index (χ3n) is 4.41. The molecule has 1 aromatic carbocycles. The van der Waals surface area contributed by atoms with E-state index in [1.54, 1.807) is 18.2 Å². The maximum atomic E-state index is 12.2. The number of carboxylic acids is 1. The molecular formula is C18H19NO6. The first-order chi connectivity index (χ1) is 11.9. The van der Waals surface area contributed by atoms with Crippen LogP contribution >= 0.6 is 0 Å². The van der Waals surface area contributed by atoms with Gasteiger partial charge in [-0.3, -0.25) is 9.59 Å². The molecule has 0 saturated carbocycles. The first kappa shape index (κ1) is 17.0. The van der Waals surface area contributed by atoms with Crippen LogP contribution < -0.4 is 10.4 Å². The third kappa shape index (κ3) is 3.81. The molecule has 25 heavy (non-hydrogen) atoms. The molecule has 7 nitrogen and oxygen atoms in total. The van der Waals surface area contributed by atoms with Gasteiger partial charge in [0.2, 0.25) is 0 Å². The lowest BCUT2D eigenvalue weighted by molar-refractivity contribution is -0.146. The summed E-state index contributed by atoms with van der Waals surface area (Å²) >= 11 is 0. The minimum Gasteiger partial charge on any atom is -0.484 e. The quantitative estimate of drug-likeness (QED) is 0.849. The van der Waals surface area contributed by atoms with Crippen LogP contribution in [-0.4, -0.2) is 41.6 Å². The minimum atomic E-state index is -0.877. The van der Waals surface area contributed by atoms with Crippen molar-refractivity contribution < 1.29 is 23.8 Å². The summed E-state index contributed by atoms with van der Waals surface area (Å²) in [7, 11) is 0. The summed E-state index contributed by atoms with van der Waals surface area (Å²) in [5, 5.41) is 9.89. The molecule has 0 unspecified atom stereocenters. The molecule has 132 valence electrons. The maximum Gasteiger partial charge on any atom is 0.336 e. The molecule has 2 heterocycles. The Hall–Kier alpha value is -2.83. The summed E-state index contributed by atoms with van der Waals surface area (Å²) in [6.45, 7) is 2.38. The molecule has 3 rings (SSSR count). The van der Waals surface area contributed by atoms with Gasteiger partial charge in [-0.25, -0.2) is 4.79 Å². The molecule has 0 aliphatic carbocycles. The van der Waals surface area contributed by atoms with Gasteiger partial charge >= 0.3 is 11.6 Å². The lowest BCUT2D eigenvalue weighted by Crippen LogP contribution is -2.44. The molecule has 1 aliphatic heterocycles. The largest absolute Gasteiger partial charge is 0.484 e. The highest BCUT2D eigenvalue weighted by Gasteiger charge is 2.28. The summed E-state index contributed by atoms with van der Waals surface area (Å²) in [4.78, 5) is 36.3. The maximum absolute atomic E-state index is 12.2. The molecule has 1 aliphatic rings. The number of rotatable bonds is 4. The molecule has 1 amide bonds. The Morgan fingerprint density at radius 1 is 1.36 bits per heavy atom. The highest BCUT2D eigenvalue weighted by molar-refractivity contribution is 5.82. The van der Waals surface area contributed by atoms with Crippen molar-refractivity contribution in [2.45, 2.75) is 19.8 Å². The number of nitrogens with zero attached hydrogens (tertiary/aromatic N) is 1. The summed E-state index contributed by atoms with van der Waals surface area (Å²) < 4.78 is 10.7. The average Bonchev–Trinajstić information content (AvgIpc) is 2.59. The molecular weight excluding hydrogens is 326 g/mol. The van der Waals surface area contributed by atoms with Crippen LogP contribution in [0.2, 0.25) is 0 Å². The second-order valence-electron chi connectivity index (χ2n) is 6.21. The second-order valence-corrected chi connectivity index (χ2v) is 6.21. The highest BCUT2D eigenvalue weighted by atomic mass is 16.5. The second kappa shape index (κ2) is 6.96. The van der Waals surface area contributed by atoms with Crippen molar-refractivity contribution in [2.75, 3.05) is 19.7 Å². The van der Waals surface area contributed by atoms with E-state index < -0.39 is 17.5 Å². The number of amides is 1. The van der Waals surface area contributed by atoms with E-state index in [0.29, 0.717) is 30.7 Å². The summed E-state index contributed by atoms with van der Waals surface area (Å²) in [5.74, 6) is -1.23. The lowest BCUT2D eigenvalue weighted by atomic mass is 9.98. The summed E-state index contributed by atoms with van der Waals surface area (Å²) in [6, 6.07) is 6.47. The Labute approximate surface area is 143 Å². The fourth-order valence-electron chi connectivity index (χ4n) is 3.04. The van der Waals surface area contributed by atoms with Crippen LogP contribution in [0, 0.1) is 12.8 Å². The predicted octanol–water partition coefficient (Wildman–Crippen LogP) is 1.80. The van der Waals surface area contributed by atoms with Crippen molar-refractivity contribution in [1.82, 2.24) is 4.90 Å². The molecule has 1 N–H and O–H groups in total. The van der Waals surface area contributed by atoms with Gasteiger partial charge in [0.15, 0.2) is 6.61 Å². The van der Waals surface area contributed by atoms with Gasteiger partial charge in [0.25, 0.3) is 5.91 Å². The zero-order valence-electron chi connectivity index (χ0n) is 13.9. The molecule has 0 bridgehead atoms. The van der Waals surface area contributed by atoms with E-state index in [1.807, 2.05) is 6.92 Å². The number of aliphatic carboxylic acids is 1. The first-order valence-corrected chi connectivity index (χ1v) is 8.12. The number of aryl methyl sites for hydroxylation is 1. The van der Waals surface area contributed by atoms with Crippen molar-refractivity contribution in [2.24, 2.45) is 5.92 Å². The van der Waals surface area contributed by atoms with E-state index in [0.717, 1.165) is 10.9 Å². The number of piperidine rings is 1. The fraction of sp³-hybridized carbons (Fsp3) is 0.389. The number of hydrogen-bond acceptors (Lipinski definition) is 5. The first-order valence-electron chi connectivity index (χ1n) is 8.12. The van der Waals surface area contributed by atoms with Crippen LogP contribution in [0.5, 0.6) is 5.75 Å².